The summed E-state index contributed by atoms with van der Waals surface area (Å²) in [6.07, 6.45) is 3.55. The Morgan fingerprint density at radius 2 is 1.74 bits per heavy atom. The molecule has 0 radical (unpaired) electrons. The lowest BCUT2D eigenvalue weighted by Crippen LogP contribution is -2.38. The highest BCUT2D eigenvalue weighted by atomic mass is 19.1. The van der Waals surface area contributed by atoms with Crippen molar-refractivity contribution < 1.29 is 18.7 Å². The summed E-state index contributed by atoms with van der Waals surface area (Å²) in [5.41, 5.74) is 2.43. The van der Waals surface area contributed by atoms with Gasteiger partial charge in [0.25, 0.3) is 11.8 Å². The molecule has 10 heteroatoms. The summed E-state index contributed by atoms with van der Waals surface area (Å²) in [6, 6.07) is 4.32. The second-order valence-corrected chi connectivity index (χ2v) is 9.01. The van der Waals surface area contributed by atoms with E-state index in [-0.39, 0.29) is 11.1 Å². The molecule has 2 aliphatic heterocycles. The van der Waals surface area contributed by atoms with Gasteiger partial charge in [0.05, 0.1) is 46.4 Å². The van der Waals surface area contributed by atoms with Gasteiger partial charge >= 0.3 is 0 Å². The Balaban J connectivity index is 1.64. The van der Waals surface area contributed by atoms with Gasteiger partial charge in [0.15, 0.2) is 5.82 Å². The number of morpholine rings is 1. The van der Waals surface area contributed by atoms with E-state index in [4.69, 9.17) is 4.74 Å². The van der Waals surface area contributed by atoms with Crippen LogP contribution in [-0.2, 0) is 11.3 Å². The van der Waals surface area contributed by atoms with E-state index in [9.17, 15) is 18.8 Å². The number of carbonyl (C=O) groups is 2. The van der Waals surface area contributed by atoms with Gasteiger partial charge in [-0.25, -0.2) is 4.39 Å². The number of halogens is 1. The lowest BCUT2D eigenvalue weighted by molar-refractivity contribution is 0.0366. The van der Waals surface area contributed by atoms with Crippen molar-refractivity contribution in [1.29, 1.82) is 0 Å². The number of pyridine rings is 1. The highest BCUT2D eigenvalue weighted by Gasteiger charge is 2.36. The normalized spacial score (nSPS) is 16.7. The first kappa shape index (κ1) is 20.4. The third kappa shape index (κ3) is 2.77. The smallest absolute Gasteiger partial charge is 0.259 e. The number of ether oxygens (including phenoxy) is 1. The Hall–Kier alpha value is -4.02. The minimum Gasteiger partial charge on any atom is -0.379 e. The first-order chi connectivity index (χ1) is 17.0. The molecule has 0 aliphatic carbocycles. The van der Waals surface area contributed by atoms with Crippen LogP contribution in [0.25, 0.3) is 43.6 Å². The fourth-order valence-electron chi connectivity index (χ4n) is 5.61. The standard InChI is InChI=1S/C25H20FN5O4/c26-14-9-13-16(10-17(14)32)31(4-3-30-5-7-35-8-6-30)23-19(13)21-20(24(33)29-25(21)34)18-12-1-2-27-11-15(12)28-22(18)23/h1-2,9-11,27-28H,3-8H2,(H,29,33,34). The molecule has 176 valence electrons. The fourth-order valence-corrected chi connectivity index (χ4v) is 5.61. The number of nitrogens with one attached hydrogen (secondary N) is 3. The third-order valence-electron chi connectivity index (χ3n) is 7.17. The van der Waals surface area contributed by atoms with Crippen LogP contribution in [0.15, 0.2) is 35.4 Å². The van der Waals surface area contributed by atoms with Crippen molar-refractivity contribution in [3.05, 3.63) is 57.8 Å². The molecule has 0 atom stereocenters. The monoisotopic (exact) mass is 473 g/mol. The van der Waals surface area contributed by atoms with E-state index in [1.165, 1.54) is 12.1 Å². The summed E-state index contributed by atoms with van der Waals surface area (Å²) >= 11 is 0. The predicted octanol–water partition coefficient (Wildman–Crippen LogP) is 2.47. The van der Waals surface area contributed by atoms with Crippen LogP contribution in [0.3, 0.4) is 0 Å². The number of benzene rings is 2. The van der Waals surface area contributed by atoms with Gasteiger partial charge in [0, 0.05) is 66.2 Å². The fraction of sp³-hybridized carbons (Fsp3) is 0.240. The van der Waals surface area contributed by atoms with Gasteiger partial charge in [-0.3, -0.25) is 24.6 Å². The molecular formula is C25H20FN5O4. The van der Waals surface area contributed by atoms with E-state index in [2.05, 4.69) is 20.2 Å². The van der Waals surface area contributed by atoms with Crippen LogP contribution < -0.4 is 10.7 Å². The zero-order valence-corrected chi connectivity index (χ0v) is 18.5. The second-order valence-electron chi connectivity index (χ2n) is 9.01. The molecule has 7 rings (SSSR count). The van der Waals surface area contributed by atoms with Gasteiger partial charge in [-0.2, -0.15) is 0 Å². The van der Waals surface area contributed by atoms with Crippen LogP contribution >= 0.6 is 0 Å². The Kier molecular flexibility index (Phi) is 4.21. The van der Waals surface area contributed by atoms with Gasteiger partial charge in [0.1, 0.15) is 0 Å². The van der Waals surface area contributed by atoms with Crippen LogP contribution in [0.4, 0.5) is 4.39 Å². The van der Waals surface area contributed by atoms with Crippen LogP contribution in [-0.4, -0.2) is 64.1 Å². The van der Waals surface area contributed by atoms with Gasteiger partial charge in [-0.05, 0) is 12.1 Å². The van der Waals surface area contributed by atoms with E-state index in [0.717, 1.165) is 24.0 Å². The summed E-state index contributed by atoms with van der Waals surface area (Å²) in [5.74, 6) is -1.90. The van der Waals surface area contributed by atoms with Crippen molar-refractivity contribution in [1.82, 2.24) is 24.8 Å². The summed E-state index contributed by atoms with van der Waals surface area (Å²) in [5, 5.41) is 4.76. The molecule has 9 nitrogen and oxygen atoms in total. The number of carbonyl (C=O) groups excluding carboxylic acids is 2. The number of nitrogens with zero attached hydrogens (tertiary/aromatic N) is 2. The predicted molar refractivity (Wildman–Crippen MR) is 128 cm³/mol. The van der Waals surface area contributed by atoms with E-state index in [1.54, 1.807) is 12.4 Å². The van der Waals surface area contributed by atoms with Crippen molar-refractivity contribution in [3.8, 4) is 0 Å². The molecule has 0 saturated carbocycles. The molecule has 3 aromatic heterocycles. The zero-order valence-electron chi connectivity index (χ0n) is 18.5. The topological polar surface area (TPSA) is 112 Å². The Bertz CT molecular complexity index is 1790. The van der Waals surface area contributed by atoms with Crippen molar-refractivity contribution in [2.75, 3.05) is 32.8 Å². The number of imide groups is 1. The highest BCUT2D eigenvalue weighted by Crippen LogP contribution is 2.43. The summed E-state index contributed by atoms with van der Waals surface area (Å²) < 4.78 is 22.0. The van der Waals surface area contributed by atoms with Crippen LogP contribution in [0, 0.1) is 5.82 Å². The number of hydrogen-bond donors (Lipinski definition) is 3. The van der Waals surface area contributed by atoms with Gasteiger partial charge in [0.2, 0.25) is 5.43 Å². The number of aromatic amines is 2. The number of H-pyrrole nitrogens is 2. The number of fused-ring (bicyclic) bond motifs is 10. The van der Waals surface area contributed by atoms with Crippen LogP contribution in [0.5, 0.6) is 0 Å². The number of aromatic nitrogens is 3. The summed E-state index contributed by atoms with van der Waals surface area (Å²) in [4.78, 5) is 47.1. The van der Waals surface area contributed by atoms with Gasteiger partial charge in [-0.1, -0.05) is 0 Å². The van der Waals surface area contributed by atoms with Crippen molar-refractivity contribution >= 4 is 55.4 Å². The zero-order chi connectivity index (χ0) is 23.8. The van der Waals surface area contributed by atoms with Crippen LogP contribution in [0.2, 0.25) is 0 Å². The molecule has 0 spiro atoms. The number of hydrogen-bond acceptors (Lipinski definition) is 5. The Morgan fingerprint density at radius 3 is 2.54 bits per heavy atom. The van der Waals surface area contributed by atoms with Crippen molar-refractivity contribution in [2.45, 2.75) is 6.54 Å². The molecule has 0 bridgehead atoms. The van der Waals surface area contributed by atoms with Gasteiger partial charge < -0.3 is 19.3 Å². The molecule has 5 aromatic rings. The van der Waals surface area contributed by atoms with E-state index >= 15 is 0 Å². The molecular weight excluding hydrogens is 453 g/mol. The average molecular weight is 473 g/mol. The lowest BCUT2D eigenvalue weighted by atomic mass is 9.97. The first-order valence-corrected chi connectivity index (χ1v) is 11.5. The average Bonchev–Trinajstić information content (AvgIpc) is 3.48. The third-order valence-corrected chi connectivity index (χ3v) is 7.17. The molecule has 5 heterocycles. The first-order valence-electron chi connectivity index (χ1n) is 11.5. The maximum absolute atomic E-state index is 14.5. The minimum absolute atomic E-state index is 0.222. The largest absolute Gasteiger partial charge is 0.379 e. The number of rotatable bonds is 3. The maximum Gasteiger partial charge on any atom is 0.259 e. The Morgan fingerprint density at radius 1 is 0.971 bits per heavy atom. The molecule has 1 saturated heterocycles. The molecule has 1 fully saturated rings. The lowest BCUT2D eigenvalue weighted by Gasteiger charge is -2.27. The molecule has 2 aliphatic rings. The van der Waals surface area contributed by atoms with Gasteiger partial charge in [-0.15, -0.1) is 0 Å². The summed E-state index contributed by atoms with van der Waals surface area (Å²) in [6.45, 7) is 4.09. The quantitative estimate of drug-likeness (QED) is 0.349. The molecule has 35 heavy (non-hydrogen) atoms. The molecule has 3 N–H and O–H groups in total. The molecule has 0 unspecified atom stereocenters. The van der Waals surface area contributed by atoms with E-state index < -0.39 is 23.1 Å². The SMILES string of the molecule is O=C1NC(=O)c2c1c1c3cc[nH]cc3[nH]c1c1c2c2cc(F)c(=O)cc2n1CCN1CCOCC1. The van der Waals surface area contributed by atoms with Crippen molar-refractivity contribution in [3.63, 3.8) is 0 Å². The van der Waals surface area contributed by atoms with E-state index in [0.29, 0.717) is 59.0 Å². The highest BCUT2D eigenvalue weighted by molar-refractivity contribution is 6.39. The minimum atomic E-state index is -0.894. The van der Waals surface area contributed by atoms with E-state index in [1.807, 2.05) is 10.6 Å². The second kappa shape index (κ2) is 7.24. The van der Waals surface area contributed by atoms with Crippen LogP contribution in [0.1, 0.15) is 20.7 Å². The Labute approximate surface area is 196 Å². The summed E-state index contributed by atoms with van der Waals surface area (Å²) in [7, 11) is 0. The van der Waals surface area contributed by atoms with Crippen molar-refractivity contribution in [2.24, 2.45) is 0 Å². The number of amides is 2. The molecule has 2 amide bonds. The maximum atomic E-state index is 14.5. The molecule has 2 aromatic carbocycles.